The molecule has 1 saturated carbocycles. The fraction of sp³-hybridized carbons (Fsp3) is 0.733. The van der Waals surface area contributed by atoms with Crippen molar-refractivity contribution in [3.63, 3.8) is 0 Å². The minimum absolute atomic E-state index is 0.0422. The maximum atomic E-state index is 5.74. The third-order valence-electron chi connectivity index (χ3n) is 4.20. The van der Waals surface area contributed by atoms with Gasteiger partial charge in [-0.1, -0.05) is 6.92 Å². The van der Waals surface area contributed by atoms with Gasteiger partial charge in [0, 0.05) is 7.11 Å². The summed E-state index contributed by atoms with van der Waals surface area (Å²) in [5, 5.41) is 3.47. The molecular weight excluding hydrogens is 270 g/mol. The van der Waals surface area contributed by atoms with Crippen LogP contribution in [0.1, 0.15) is 44.3 Å². The van der Waals surface area contributed by atoms with E-state index in [1.54, 1.807) is 27.5 Å². The first kappa shape index (κ1) is 16.0. The standard InChI is InChI=1S/C15H25N3O3/c1-5-16-11(9-15(21-4)7-6-8-15)13-14(20-3)18-12(19-2)10-17-13/h10-11,16H,5-9H2,1-4H3. The van der Waals surface area contributed by atoms with Crippen molar-refractivity contribution in [2.45, 2.75) is 44.2 Å². The molecule has 1 N–H and O–H groups in total. The maximum absolute atomic E-state index is 5.74. The topological polar surface area (TPSA) is 65.5 Å². The Kier molecular flexibility index (Phi) is 5.36. The second-order valence-electron chi connectivity index (χ2n) is 5.36. The molecule has 1 aromatic heterocycles. The summed E-state index contributed by atoms with van der Waals surface area (Å²) in [7, 11) is 4.96. The molecule has 0 aromatic carbocycles. The molecule has 1 fully saturated rings. The number of ether oxygens (including phenoxy) is 3. The second kappa shape index (κ2) is 7.04. The van der Waals surface area contributed by atoms with Gasteiger partial charge in [0.1, 0.15) is 5.69 Å². The molecule has 118 valence electrons. The van der Waals surface area contributed by atoms with Gasteiger partial charge in [-0.3, -0.25) is 0 Å². The van der Waals surface area contributed by atoms with Gasteiger partial charge in [0.15, 0.2) is 0 Å². The van der Waals surface area contributed by atoms with E-state index in [2.05, 4.69) is 22.2 Å². The summed E-state index contributed by atoms with van der Waals surface area (Å²) < 4.78 is 16.2. The molecule has 0 bridgehead atoms. The highest BCUT2D eigenvalue weighted by Crippen LogP contribution is 2.42. The van der Waals surface area contributed by atoms with Crippen molar-refractivity contribution in [2.24, 2.45) is 0 Å². The molecule has 0 spiro atoms. The number of hydrogen-bond acceptors (Lipinski definition) is 6. The predicted molar refractivity (Wildman–Crippen MR) is 79.8 cm³/mol. The first-order valence-electron chi connectivity index (χ1n) is 7.41. The van der Waals surface area contributed by atoms with Crippen molar-refractivity contribution in [1.29, 1.82) is 0 Å². The van der Waals surface area contributed by atoms with Crippen LogP contribution in [0.5, 0.6) is 11.8 Å². The van der Waals surface area contributed by atoms with Gasteiger partial charge in [-0.25, -0.2) is 4.98 Å². The van der Waals surface area contributed by atoms with Crippen LogP contribution in [-0.4, -0.2) is 43.4 Å². The highest BCUT2D eigenvalue weighted by atomic mass is 16.5. The van der Waals surface area contributed by atoms with Crippen LogP contribution in [-0.2, 0) is 4.74 Å². The van der Waals surface area contributed by atoms with E-state index in [4.69, 9.17) is 14.2 Å². The average Bonchev–Trinajstić information content (AvgIpc) is 2.49. The molecule has 2 rings (SSSR count). The van der Waals surface area contributed by atoms with E-state index >= 15 is 0 Å². The van der Waals surface area contributed by atoms with E-state index in [0.717, 1.165) is 31.5 Å². The van der Waals surface area contributed by atoms with Crippen molar-refractivity contribution < 1.29 is 14.2 Å². The number of nitrogens with zero attached hydrogens (tertiary/aromatic N) is 2. The van der Waals surface area contributed by atoms with Crippen LogP contribution in [0.3, 0.4) is 0 Å². The second-order valence-corrected chi connectivity index (χ2v) is 5.36. The molecule has 21 heavy (non-hydrogen) atoms. The summed E-state index contributed by atoms with van der Waals surface area (Å²) in [4.78, 5) is 8.81. The molecule has 1 aliphatic rings. The Labute approximate surface area is 126 Å². The molecule has 0 amide bonds. The lowest BCUT2D eigenvalue weighted by Gasteiger charge is -2.42. The summed E-state index contributed by atoms with van der Waals surface area (Å²) in [6.07, 6.45) is 5.91. The minimum atomic E-state index is -0.0422. The van der Waals surface area contributed by atoms with E-state index in [-0.39, 0.29) is 11.6 Å². The van der Waals surface area contributed by atoms with Crippen LogP contribution >= 0.6 is 0 Å². The minimum Gasteiger partial charge on any atom is -0.480 e. The van der Waals surface area contributed by atoms with Gasteiger partial charge in [0.05, 0.1) is 32.1 Å². The van der Waals surface area contributed by atoms with Crippen LogP contribution in [0.2, 0.25) is 0 Å². The van der Waals surface area contributed by atoms with Crippen molar-refractivity contribution >= 4 is 0 Å². The number of methoxy groups -OCH3 is 3. The van der Waals surface area contributed by atoms with Crippen LogP contribution in [0.15, 0.2) is 6.20 Å². The molecule has 1 aliphatic carbocycles. The predicted octanol–water partition coefficient (Wildman–Crippen LogP) is 2.10. The van der Waals surface area contributed by atoms with Gasteiger partial charge in [0.2, 0.25) is 11.8 Å². The third-order valence-corrected chi connectivity index (χ3v) is 4.20. The van der Waals surface area contributed by atoms with Gasteiger partial charge >= 0.3 is 0 Å². The summed E-state index contributed by atoms with van der Waals surface area (Å²) in [6.45, 7) is 2.93. The lowest BCUT2D eigenvalue weighted by molar-refractivity contribution is -0.0841. The van der Waals surface area contributed by atoms with Gasteiger partial charge in [-0.05, 0) is 32.2 Å². The Bertz CT molecular complexity index is 458. The Morgan fingerprint density at radius 1 is 1.29 bits per heavy atom. The largest absolute Gasteiger partial charge is 0.480 e. The van der Waals surface area contributed by atoms with Crippen molar-refractivity contribution in [2.75, 3.05) is 27.9 Å². The Balaban J connectivity index is 2.24. The van der Waals surface area contributed by atoms with E-state index in [0.29, 0.717) is 11.8 Å². The van der Waals surface area contributed by atoms with Crippen molar-refractivity contribution in [3.8, 4) is 11.8 Å². The first-order chi connectivity index (χ1) is 10.2. The molecule has 6 heteroatoms. The Morgan fingerprint density at radius 3 is 2.52 bits per heavy atom. The fourth-order valence-electron chi connectivity index (χ4n) is 2.80. The molecule has 6 nitrogen and oxygen atoms in total. The summed E-state index contributed by atoms with van der Waals surface area (Å²) in [5.74, 6) is 0.960. The number of aromatic nitrogens is 2. The lowest BCUT2D eigenvalue weighted by Crippen LogP contribution is -2.43. The third kappa shape index (κ3) is 3.44. The molecule has 1 heterocycles. The Hall–Kier alpha value is -1.40. The van der Waals surface area contributed by atoms with E-state index < -0.39 is 0 Å². The Morgan fingerprint density at radius 2 is 2.05 bits per heavy atom. The van der Waals surface area contributed by atoms with Crippen LogP contribution in [0.25, 0.3) is 0 Å². The molecular formula is C15H25N3O3. The monoisotopic (exact) mass is 295 g/mol. The van der Waals surface area contributed by atoms with Gasteiger partial charge < -0.3 is 19.5 Å². The molecule has 1 atom stereocenters. The lowest BCUT2D eigenvalue weighted by atomic mass is 9.75. The first-order valence-corrected chi connectivity index (χ1v) is 7.41. The molecule has 0 saturated heterocycles. The summed E-state index contributed by atoms with van der Waals surface area (Å²) in [5.41, 5.74) is 0.767. The van der Waals surface area contributed by atoms with Crippen LogP contribution in [0.4, 0.5) is 0 Å². The zero-order chi connectivity index (χ0) is 15.3. The molecule has 0 radical (unpaired) electrons. The van der Waals surface area contributed by atoms with Crippen LogP contribution < -0.4 is 14.8 Å². The highest BCUT2D eigenvalue weighted by molar-refractivity contribution is 5.26. The fourth-order valence-corrected chi connectivity index (χ4v) is 2.80. The normalized spacial score (nSPS) is 17.9. The number of rotatable bonds is 8. The van der Waals surface area contributed by atoms with Gasteiger partial charge in [0.25, 0.3) is 0 Å². The van der Waals surface area contributed by atoms with Gasteiger partial charge in [-0.15, -0.1) is 0 Å². The zero-order valence-corrected chi connectivity index (χ0v) is 13.3. The van der Waals surface area contributed by atoms with Crippen LogP contribution in [0, 0.1) is 0 Å². The van der Waals surface area contributed by atoms with E-state index in [1.807, 2.05) is 0 Å². The van der Waals surface area contributed by atoms with E-state index in [9.17, 15) is 0 Å². The highest BCUT2D eigenvalue weighted by Gasteiger charge is 2.40. The molecule has 1 aromatic rings. The molecule has 1 unspecified atom stereocenters. The maximum Gasteiger partial charge on any atom is 0.240 e. The van der Waals surface area contributed by atoms with Crippen molar-refractivity contribution in [3.05, 3.63) is 11.9 Å². The quantitative estimate of drug-likeness (QED) is 0.792. The zero-order valence-electron chi connectivity index (χ0n) is 13.3. The SMILES string of the molecule is CCNC(CC1(OC)CCC1)c1ncc(OC)nc1OC. The molecule has 0 aliphatic heterocycles. The summed E-state index contributed by atoms with van der Waals surface area (Å²) in [6, 6.07) is 0.0589. The van der Waals surface area contributed by atoms with E-state index in [1.165, 1.54) is 6.42 Å². The van der Waals surface area contributed by atoms with Crippen molar-refractivity contribution in [1.82, 2.24) is 15.3 Å². The number of nitrogens with one attached hydrogen (secondary N) is 1. The van der Waals surface area contributed by atoms with Gasteiger partial charge in [-0.2, -0.15) is 4.98 Å². The summed E-state index contributed by atoms with van der Waals surface area (Å²) >= 11 is 0. The number of hydrogen-bond donors (Lipinski definition) is 1. The smallest absolute Gasteiger partial charge is 0.240 e. The average molecular weight is 295 g/mol.